The Bertz CT molecular complexity index is 1140. The molecule has 1 unspecified atom stereocenters. The molecule has 37 heavy (non-hydrogen) atoms. The fourth-order valence-electron chi connectivity index (χ4n) is 3.66. The van der Waals surface area contributed by atoms with Crippen LogP contribution in [0, 0.1) is 11.8 Å². The van der Waals surface area contributed by atoms with Gasteiger partial charge in [-0.05, 0) is 45.4 Å². The van der Waals surface area contributed by atoms with Crippen molar-refractivity contribution in [2.75, 3.05) is 40.0 Å². The number of fused-ring (bicyclic) bond motifs is 1. The van der Waals surface area contributed by atoms with Crippen molar-refractivity contribution >= 4 is 29.7 Å². The third-order valence-corrected chi connectivity index (χ3v) is 5.49. The first-order valence-corrected chi connectivity index (χ1v) is 11.9. The topological polar surface area (TPSA) is 132 Å². The summed E-state index contributed by atoms with van der Waals surface area (Å²) in [5, 5.41) is 2.17. The SMILES string of the molecule is CN(CCOCCOCC#Cc1ccc2c(c1)C(=O)N(C1CCC(=O)NC1=O)C2=O)C(=O)OC(C)(C)C. The van der Waals surface area contributed by atoms with E-state index in [-0.39, 0.29) is 30.6 Å². The van der Waals surface area contributed by atoms with E-state index in [1.54, 1.807) is 33.9 Å². The van der Waals surface area contributed by atoms with E-state index in [1.165, 1.54) is 17.0 Å². The number of nitrogens with zero attached hydrogens (tertiary/aromatic N) is 2. The highest BCUT2D eigenvalue weighted by atomic mass is 16.6. The molecule has 0 aliphatic carbocycles. The highest BCUT2D eigenvalue weighted by molar-refractivity contribution is 6.23. The van der Waals surface area contributed by atoms with Gasteiger partial charge in [0.15, 0.2) is 0 Å². The van der Waals surface area contributed by atoms with Gasteiger partial charge < -0.3 is 19.1 Å². The van der Waals surface area contributed by atoms with Crippen molar-refractivity contribution in [3.05, 3.63) is 34.9 Å². The minimum Gasteiger partial charge on any atom is -0.444 e. The van der Waals surface area contributed by atoms with Gasteiger partial charge in [0.25, 0.3) is 11.8 Å². The van der Waals surface area contributed by atoms with Gasteiger partial charge in [-0.15, -0.1) is 0 Å². The number of benzene rings is 1. The van der Waals surface area contributed by atoms with Gasteiger partial charge in [-0.3, -0.25) is 29.4 Å². The summed E-state index contributed by atoms with van der Waals surface area (Å²) < 4.78 is 16.1. The second-order valence-corrected chi connectivity index (χ2v) is 9.58. The van der Waals surface area contributed by atoms with E-state index in [2.05, 4.69) is 17.2 Å². The van der Waals surface area contributed by atoms with Gasteiger partial charge in [0.2, 0.25) is 11.8 Å². The van der Waals surface area contributed by atoms with Crippen LogP contribution in [0.2, 0.25) is 0 Å². The molecule has 1 fully saturated rings. The lowest BCUT2D eigenvalue weighted by Crippen LogP contribution is -2.54. The van der Waals surface area contributed by atoms with Crippen LogP contribution in [0.5, 0.6) is 0 Å². The lowest BCUT2D eigenvalue weighted by atomic mass is 10.0. The van der Waals surface area contributed by atoms with E-state index >= 15 is 0 Å². The molecular weight excluding hydrogens is 482 g/mol. The Morgan fingerprint density at radius 3 is 2.49 bits per heavy atom. The van der Waals surface area contributed by atoms with E-state index in [0.29, 0.717) is 31.9 Å². The van der Waals surface area contributed by atoms with E-state index < -0.39 is 41.4 Å². The van der Waals surface area contributed by atoms with Crippen molar-refractivity contribution in [2.45, 2.75) is 45.3 Å². The minimum absolute atomic E-state index is 0.0642. The molecule has 1 saturated heterocycles. The highest BCUT2D eigenvalue weighted by Crippen LogP contribution is 2.28. The van der Waals surface area contributed by atoms with Gasteiger partial charge in [0.05, 0.1) is 30.9 Å². The molecule has 198 valence electrons. The number of amides is 5. The second-order valence-electron chi connectivity index (χ2n) is 9.58. The van der Waals surface area contributed by atoms with Crippen molar-refractivity contribution in [3.8, 4) is 11.8 Å². The number of imide groups is 2. The van der Waals surface area contributed by atoms with Crippen LogP contribution in [0.4, 0.5) is 4.79 Å². The molecule has 1 aromatic rings. The summed E-state index contributed by atoms with van der Waals surface area (Å²) >= 11 is 0. The number of carbonyl (C=O) groups excluding carboxylic acids is 5. The summed E-state index contributed by atoms with van der Waals surface area (Å²) in [6.45, 7) is 6.90. The first-order chi connectivity index (χ1) is 17.5. The summed E-state index contributed by atoms with van der Waals surface area (Å²) in [5.41, 5.74) is 0.345. The number of likely N-dealkylation sites (N-methyl/N-ethyl adjacent to an activating group) is 1. The molecule has 11 nitrogen and oxygen atoms in total. The van der Waals surface area contributed by atoms with E-state index in [4.69, 9.17) is 14.2 Å². The molecule has 1 N–H and O–H groups in total. The molecule has 0 spiro atoms. The molecule has 2 heterocycles. The third kappa shape index (κ3) is 7.38. The van der Waals surface area contributed by atoms with Crippen LogP contribution in [-0.2, 0) is 23.8 Å². The average molecular weight is 514 g/mol. The fraction of sp³-hybridized carbons (Fsp3) is 0.500. The number of hydrogen-bond donors (Lipinski definition) is 1. The predicted molar refractivity (Wildman–Crippen MR) is 130 cm³/mol. The van der Waals surface area contributed by atoms with Gasteiger partial charge in [0, 0.05) is 25.6 Å². The van der Waals surface area contributed by atoms with Crippen molar-refractivity contribution in [1.82, 2.24) is 15.1 Å². The summed E-state index contributed by atoms with van der Waals surface area (Å²) in [4.78, 5) is 63.3. The lowest BCUT2D eigenvalue weighted by Gasteiger charge is -2.27. The Hall–Kier alpha value is -3.75. The molecule has 0 saturated carbocycles. The Balaban J connectivity index is 1.41. The largest absolute Gasteiger partial charge is 0.444 e. The van der Waals surface area contributed by atoms with Gasteiger partial charge in [0.1, 0.15) is 18.2 Å². The molecule has 11 heteroatoms. The van der Waals surface area contributed by atoms with E-state index in [1.807, 2.05) is 0 Å². The Kier molecular flexibility index (Phi) is 9.02. The molecule has 5 amide bonds. The van der Waals surface area contributed by atoms with Crippen molar-refractivity contribution < 1.29 is 38.2 Å². The van der Waals surface area contributed by atoms with Crippen LogP contribution in [0.1, 0.15) is 59.9 Å². The number of nitrogens with one attached hydrogen (secondary N) is 1. The van der Waals surface area contributed by atoms with E-state index in [0.717, 1.165) is 4.90 Å². The molecule has 0 aromatic heterocycles. The number of hydrogen-bond acceptors (Lipinski definition) is 8. The van der Waals surface area contributed by atoms with Crippen LogP contribution in [0.3, 0.4) is 0 Å². The van der Waals surface area contributed by atoms with Crippen LogP contribution in [0.15, 0.2) is 18.2 Å². The van der Waals surface area contributed by atoms with Crippen LogP contribution >= 0.6 is 0 Å². The average Bonchev–Trinajstić information content (AvgIpc) is 3.06. The molecule has 2 aliphatic rings. The van der Waals surface area contributed by atoms with Gasteiger partial charge in [-0.2, -0.15) is 0 Å². The molecule has 0 radical (unpaired) electrons. The Labute approximate surface area is 215 Å². The standard InChI is InChI=1S/C26H31N3O8/c1-26(2,3)37-25(34)28(4)11-13-36-15-14-35-12-5-6-17-7-8-18-19(16-17)24(33)29(23(18)32)20-9-10-21(30)27-22(20)31/h7-8,16,20H,9-15H2,1-4H3,(H,27,30,31). The van der Waals surface area contributed by atoms with Crippen molar-refractivity contribution in [2.24, 2.45) is 0 Å². The molecule has 0 bridgehead atoms. The first-order valence-electron chi connectivity index (χ1n) is 11.9. The zero-order chi connectivity index (χ0) is 27.2. The molecule has 2 aliphatic heterocycles. The molecular formula is C26H31N3O8. The van der Waals surface area contributed by atoms with Crippen molar-refractivity contribution in [3.63, 3.8) is 0 Å². The van der Waals surface area contributed by atoms with Gasteiger partial charge in [-0.1, -0.05) is 11.8 Å². The summed E-state index contributed by atoms with van der Waals surface area (Å²) in [7, 11) is 1.64. The maximum atomic E-state index is 12.9. The normalized spacial score (nSPS) is 17.2. The maximum Gasteiger partial charge on any atom is 0.410 e. The highest BCUT2D eigenvalue weighted by Gasteiger charge is 2.44. The van der Waals surface area contributed by atoms with Crippen LogP contribution in [0.25, 0.3) is 0 Å². The molecule has 1 atom stereocenters. The molecule has 3 rings (SSSR count). The Morgan fingerprint density at radius 2 is 1.78 bits per heavy atom. The monoisotopic (exact) mass is 513 g/mol. The fourth-order valence-corrected chi connectivity index (χ4v) is 3.66. The van der Waals surface area contributed by atoms with Gasteiger partial charge in [-0.25, -0.2) is 4.79 Å². The van der Waals surface area contributed by atoms with Gasteiger partial charge >= 0.3 is 6.09 Å². The summed E-state index contributed by atoms with van der Waals surface area (Å²) in [6, 6.07) is 3.63. The van der Waals surface area contributed by atoms with Crippen molar-refractivity contribution in [1.29, 1.82) is 0 Å². The Morgan fingerprint density at radius 1 is 1.08 bits per heavy atom. The number of ether oxygens (including phenoxy) is 3. The smallest absolute Gasteiger partial charge is 0.410 e. The number of piperidine rings is 1. The first kappa shape index (κ1) is 27.8. The summed E-state index contributed by atoms with van der Waals surface area (Å²) in [5.74, 6) is 3.52. The maximum absolute atomic E-state index is 12.9. The molecule has 1 aromatic carbocycles. The van der Waals surface area contributed by atoms with E-state index in [9.17, 15) is 24.0 Å². The lowest BCUT2D eigenvalue weighted by molar-refractivity contribution is -0.136. The zero-order valence-corrected chi connectivity index (χ0v) is 21.4. The second kappa shape index (κ2) is 12.0. The van der Waals surface area contributed by atoms with Crippen LogP contribution in [-0.4, -0.2) is 91.2 Å². The quantitative estimate of drug-likeness (QED) is 0.313. The number of rotatable bonds is 8. The number of carbonyl (C=O) groups is 5. The van der Waals surface area contributed by atoms with Crippen LogP contribution < -0.4 is 5.32 Å². The minimum atomic E-state index is -1.01. The summed E-state index contributed by atoms with van der Waals surface area (Å²) in [6.07, 6.45) is -0.247. The predicted octanol–water partition coefficient (Wildman–Crippen LogP) is 1.34. The zero-order valence-electron chi connectivity index (χ0n) is 21.4. The third-order valence-electron chi connectivity index (χ3n) is 5.49.